The summed E-state index contributed by atoms with van der Waals surface area (Å²) in [5.74, 6) is -0.422. The molecule has 0 saturated carbocycles. The predicted molar refractivity (Wildman–Crippen MR) is 77.3 cm³/mol. The summed E-state index contributed by atoms with van der Waals surface area (Å²) in [6, 6.07) is 3.66. The van der Waals surface area contributed by atoms with Crippen LogP contribution in [-0.2, 0) is 20.9 Å². The molecule has 0 unspecified atom stereocenters. The summed E-state index contributed by atoms with van der Waals surface area (Å²) in [5, 5.41) is 2.81. The quantitative estimate of drug-likeness (QED) is 0.824. The van der Waals surface area contributed by atoms with Crippen LogP contribution in [0.4, 0.5) is 0 Å². The van der Waals surface area contributed by atoms with Gasteiger partial charge in [-0.05, 0) is 31.5 Å². The smallest absolute Gasteiger partial charge is 0.237 e. The highest BCUT2D eigenvalue weighted by Gasteiger charge is 2.39. The van der Waals surface area contributed by atoms with Crippen LogP contribution in [-0.4, -0.2) is 48.0 Å². The lowest BCUT2D eigenvalue weighted by atomic mass is 9.90. The molecule has 0 radical (unpaired) electrons. The number of hydrogen-bond acceptors (Lipinski definition) is 4. The second kappa shape index (κ2) is 6.67. The van der Waals surface area contributed by atoms with E-state index in [0.717, 1.165) is 5.56 Å². The molecule has 1 fully saturated rings. The molecule has 2 rings (SSSR count). The average molecular weight is 291 g/mol. The molecule has 6 nitrogen and oxygen atoms in total. The van der Waals surface area contributed by atoms with Crippen molar-refractivity contribution in [3.63, 3.8) is 0 Å². The van der Waals surface area contributed by atoms with Crippen molar-refractivity contribution in [3.05, 3.63) is 30.1 Å². The van der Waals surface area contributed by atoms with Crippen LogP contribution >= 0.6 is 0 Å². The normalized spacial score (nSPS) is 15.6. The molecule has 114 valence electrons. The summed E-state index contributed by atoms with van der Waals surface area (Å²) >= 11 is 0. The Morgan fingerprint density at radius 1 is 1.29 bits per heavy atom. The molecule has 0 aliphatic carbocycles. The van der Waals surface area contributed by atoms with Crippen LogP contribution in [0.5, 0.6) is 0 Å². The molecule has 1 aromatic heterocycles. The molecule has 0 aromatic carbocycles. The van der Waals surface area contributed by atoms with Crippen LogP contribution in [0.25, 0.3) is 0 Å². The second-order valence-corrected chi connectivity index (χ2v) is 5.57. The van der Waals surface area contributed by atoms with Gasteiger partial charge in [0.25, 0.3) is 0 Å². The lowest BCUT2D eigenvalue weighted by Crippen LogP contribution is -2.52. The summed E-state index contributed by atoms with van der Waals surface area (Å²) in [5.41, 5.74) is -0.127. The Hall–Kier alpha value is -1.95. The fraction of sp³-hybridized carbons (Fsp3) is 0.533. The molecular formula is C15H21N3O3. The number of carbonyl (C=O) groups excluding carboxylic acids is 2. The van der Waals surface area contributed by atoms with Crippen LogP contribution in [0.3, 0.4) is 0 Å². The van der Waals surface area contributed by atoms with Gasteiger partial charge >= 0.3 is 0 Å². The van der Waals surface area contributed by atoms with Crippen LogP contribution in [0.1, 0.15) is 19.4 Å². The van der Waals surface area contributed by atoms with Crippen LogP contribution in [0.15, 0.2) is 24.5 Å². The van der Waals surface area contributed by atoms with E-state index in [1.807, 2.05) is 12.1 Å². The van der Waals surface area contributed by atoms with E-state index in [4.69, 9.17) is 4.74 Å². The minimum absolute atomic E-state index is 0.155. The Kier molecular flexibility index (Phi) is 4.90. The molecule has 1 aliphatic rings. The fourth-order valence-corrected chi connectivity index (χ4v) is 2.16. The minimum atomic E-state index is -1.08. The summed E-state index contributed by atoms with van der Waals surface area (Å²) in [6.07, 6.45) is 3.34. The van der Waals surface area contributed by atoms with Crippen molar-refractivity contribution in [2.45, 2.75) is 20.4 Å². The SMILES string of the molecule is CC(C)(C(=O)NCc1ccncc1)C(=O)N1CCOCC1. The number of nitrogens with one attached hydrogen (secondary N) is 1. The lowest BCUT2D eigenvalue weighted by Gasteiger charge is -2.33. The zero-order valence-electron chi connectivity index (χ0n) is 12.5. The molecule has 2 amide bonds. The number of hydrogen-bond donors (Lipinski definition) is 1. The molecule has 0 bridgehead atoms. The molecule has 2 heterocycles. The van der Waals surface area contributed by atoms with Crippen LogP contribution in [0.2, 0.25) is 0 Å². The summed E-state index contributed by atoms with van der Waals surface area (Å²) in [4.78, 5) is 30.4. The van der Waals surface area contributed by atoms with E-state index in [-0.39, 0.29) is 11.8 Å². The third-order valence-corrected chi connectivity index (χ3v) is 3.60. The first kappa shape index (κ1) is 15.4. The maximum Gasteiger partial charge on any atom is 0.237 e. The maximum absolute atomic E-state index is 12.5. The first-order valence-corrected chi connectivity index (χ1v) is 7.06. The number of aromatic nitrogens is 1. The Morgan fingerprint density at radius 2 is 1.90 bits per heavy atom. The van der Waals surface area contributed by atoms with Crippen molar-refractivity contribution in [3.8, 4) is 0 Å². The van der Waals surface area contributed by atoms with E-state index in [1.54, 1.807) is 31.1 Å². The van der Waals surface area contributed by atoms with Crippen LogP contribution < -0.4 is 5.32 Å². The van der Waals surface area contributed by atoms with Gasteiger partial charge in [-0.1, -0.05) is 0 Å². The van der Waals surface area contributed by atoms with Gasteiger partial charge in [0.1, 0.15) is 5.41 Å². The topological polar surface area (TPSA) is 71.5 Å². The highest BCUT2D eigenvalue weighted by molar-refractivity contribution is 6.04. The highest BCUT2D eigenvalue weighted by Crippen LogP contribution is 2.20. The third-order valence-electron chi connectivity index (χ3n) is 3.60. The van der Waals surface area contributed by atoms with E-state index in [1.165, 1.54) is 0 Å². The van der Waals surface area contributed by atoms with Gasteiger partial charge in [0, 0.05) is 32.0 Å². The van der Waals surface area contributed by atoms with Crippen molar-refractivity contribution >= 4 is 11.8 Å². The molecular weight excluding hydrogens is 270 g/mol. The molecule has 1 aromatic rings. The number of nitrogens with zero attached hydrogens (tertiary/aromatic N) is 2. The maximum atomic E-state index is 12.5. The second-order valence-electron chi connectivity index (χ2n) is 5.57. The number of amides is 2. The first-order chi connectivity index (χ1) is 10.0. The van der Waals surface area contributed by atoms with Gasteiger partial charge in [0.2, 0.25) is 11.8 Å². The molecule has 0 atom stereocenters. The zero-order valence-corrected chi connectivity index (χ0v) is 12.5. The van der Waals surface area contributed by atoms with E-state index >= 15 is 0 Å². The van der Waals surface area contributed by atoms with Crippen molar-refractivity contribution in [1.82, 2.24) is 15.2 Å². The molecule has 1 aliphatic heterocycles. The number of ether oxygens (including phenoxy) is 1. The van der Waals surface area contributed by atoms with E-state index in [9.17, 15) is 9.59 Å². The monoisotopic (exact) mass is 291 g/mol. The van der Waals surface area contributed by atoms with E-state index < -0.39 is 5.41 Å². The first-order valence-electron chi connectivity index (χ1n) is 7.06. The predicted octanol–water partition coefficient (Wildman–Crippen LogP) is 0.583. The Bertz CT molecular complexity index is 496. The van der Waals surface area contributed by atoms with Crippen molar-refractivity contribution in [2.75, 3.05) is 26.3 Å². The number of morpholine rings is 1. The van der Waals surface area contributed by atoms with Crippen molar-refractivity contribution in [1.29, 1.82) is 0 Å². The highest BCUT2D eigenvalue weighted by atomic mass is 16.5. The summed E-state index contributed by atoms with van der Waals surface area (Å²) in [6.45, 7) is 5.85. The third kappa shape index (κ3) is 3.78. The van der Waals surface area contributed by atoms with Crippen molar-refractivity contribution < 1.29 is 14.3 Å². The van der Waals surface area contributed by atoms with Crippen LogP contribution in [0, 0.1) is 5.41 Å². The summed E-state index contributed by atoms with van der Waals surface area (Å²) < 4.78 is 5.23. The average Bonchev–Trinajstić information content (AvgIpc) is 2.53. The van der Waals surface area contributed by atoms with E-state index in [2.05, 4.69) is 10.3 Å². The zero-order chi connectivity index (χ0) is 15.3. The largest absolute Gasteiger partial charge is 0.378 e. The van der Waals surface area contributed by atoms with Gasteiger partial charge in [-0.25, -0.2) is 0 Å². The lowest BCUT2D eigenvalue weighted by molar-refractivity contribution is -0.151. The minimum Gasteiger partial charge on any atom is -0.378 e. The van der Waals surface area contributed by atoms with Gasteiger partial charge in [0.15, 0.2) is 0 Å². The van der Waals surface area contributed by atoms with Gasteiger partial charge in [-0.15, -0.1) is 0 Å². The Labute approximate surface area is 124 Å². The molecule has 6 heteroatoms. The molecule has 0 spiro atoms. The standard InChI is InChI=1S/C15H21N3O3/c1-15(2,14(20)18-7-9-21-10-8-18)13(19)17-11-12-3-5-16-6-4-12/h3-6H,7-11H2,1-2H3,(H,17,19). The fourth-order valence-electron chi connectivity index (χ4n) is 2.16. The van der Waals surface area contributed by atoms with Gasteiger partial charge in [-0.2, -0.15) is 0 Å². The van der Waals surface area contributed by atoms with Crippen molar-refractivity contribution in [2.24, 2.45) is 5.41 Å². The molecule has 21 heavy (non-hydrogen) atoms. The molecule has 1 saturated heterocycles. The Balaban J connectivity index is 1.94. The van der Waals surface area contributed by atoms with E-state index in [0.29, 0.717) is 32.8 Å². The Morgan fingerprint density at radius 3 is 2.52 bits per heavy atom. The molecule has 1 N–H and O–H groups in total. The van der Waals surface area contributed by atoms with Gasteiger partial charge in [-0.3, -0.25) is 14.6 Å². The number of pyridine rings is 1. The van der Waals surface area contributed by atoms with Gasteiger partial charge < -0.3 is 15.0 Å². The summed E-state index contributed by atoms with van der Waals surface area (Å²) in [7, 11) is 0. The number of carbonyl (C=O) groups is 2. The van der Waals surface area contributed by atoms with Gasteiger partial charge in [0.05, 0.1) is 13.2 Å². The number of rotatable bonds is 4.